The van der Waals surface area contributed by atoms with Crippen molar-refractivity contribution in [1.82, 2.24) is 10.4 Å². The normalized spacial score (nSPS) is 17.6. The molecule has 1 amide bonds. The van der Waals surface area contributed by atoms with Gasteiger partial charge in [0.25, 0.3) is 5.91 Å². The number of rotatable bonds is 7. The molecule has 1 heterocycles. The highest BCUT2D eigenvalue weighted by atomic mass is 19.4. The highest BCUT2D eigenvalue weighted by molar-refractivity contribution is 5.97. The molecule has 1 aliphatic heterocycles. The van der Waals surface area contributed by atoms with E-state index in [9.17, 15) is 35.5 Å². The van der Waals surface area contributed by atoms with Crippen molar-refractivity contribution in [3.05, 3.63) is 70.1 Å². The fourth-order valence-corrected chi connectivity index (χ4v) is 2.84. The Kier molecular flexibility index (Phi) is 11.2. The van der Waals surface area contributed by atoms with Crippen molar-refractivity contribution in [3.63, 3.8) is 0 Å². The first-order valence-corrected chi connectivity index (χ1v) is 11.1. The Morgan fingerprint density at radius 2 is 1.65 bits per heavy atom. The van der Waals surface area contributed by atoms with E-state index in [0.29, 0.717) is 18.6 Å². The van der Waals surface area contributed by atoms with Gasteiger partial charge >= 0.3 is 12.4 Å². The molecule has 1 aliphatic rings. The molecule has 1 aromatic carbocycles. The third-order valence-corrected chi connectivity index (χ3v) is 4.72. The number of aliphatic imine (C=N–C) groups is 2. The minimum absolute atomic E-state index is 0.0118. The van der Waals surface area contributed by atoms with Crippen LogP contribution in [0.25, 0.3) is 0 Å². The van der Waals surface area contributed by atoms with E-state index in [4.69, 9.17) is 5.73 Å². The molecule has 2 rings (SSSR count). The lowest BCUT2D eigenvalue weighted by Gasteiger charge is -2.19. The number of halogens is 7. The Morgan fingerprint density at radius 1 is 1.11 bits per heavy atom. The third kappa shape index (κ3) is 9.48. The number of hydrogen-bond donors (Lipinski definition) is 2. The van der Waals surface area contributed by atoms with E-state index < -0.39 is 47.1 Å². The minimum Gasteiger partial charge on any atom is -0.366 e. The molecular formula is C24H28F7N5O. The van der Waals surface area contributed by atoms with Crippen LogP contribution in [0, 0.1) is 0 Å². The predicted octanol–water partition coefficient (Wildman–Crippen LogP) is 6.59. The maximum atomic E-state index is 13.2. The van der Waals surface area contributed by atoms with Crippen molar-refractivity contribution in [2.75, 3.05) is 0 Å². The predicted molar refractivity (Wildman–Crippen MR) is 128 cm³/mol. The Hall–Kier alpha value is -3.48. The smallest absolute Gasteiger partial charge is 0.366 e. The summed E-state index contributed by atoms with van der Waals surface area (Å²) in [6.07, 6.45) is -5.99. The lowest BCUT2D eigenvalue weighted by atomic mass is 10.0. The lowest BCUT2D eigenvalue weighted by Crippen LogP contribution is -2.31. The molecule has 3 N–H and O–H groups in total. The Morgan fingerprint density at radius 3 is 2.08 bits per heavy atom. The van der Waals surface area contributed by atoms with Crippen molar-refractivity contribution in [2.45, 2.75) is 59.6 Å². The summed E-state index contributed by atoms with van der Waals surface area (Å²) in [6.45, 7) is 8.67. The SMILES string of the molecule is CC.CC/C(C)=C/C(=C\N=C(C)F)C(=C\N1C=NC(c2cc(C(F)(F)F)cc(C(F)(F)F)c2)N1)/C(N)=O. The standard InChI is InChI=1S/C22H22F7N5O.C2H6/c1-4-12(2)5-15(9-31-13(3)23)18(19(30)35)10-34-11-32-20(33-34)14-6-16(21(24,25)26)8-17(7-14)22(27,28)29;1-2/h5-11,20,33H,4H2,1-3H3,(H2,30,35);1-2H3/b12-5+,15-9+,18-10+,31-13?;. The summed E-state index contributed by atoms with van der Waals surface area (Å²) in [7, 11) is 0. The zero-order chi connectivity index (χ0) is 28.6. The fourth-order valence-electron chi connectivity index (χ4n) is 2.84. The minimum atomic E-state index is -5.02. The number of alkyl halides is 6. The summed E-state index contributed by atoms with van der Waals surface area (Å²) >= 11 is 0. The molecule has 1 unspecified atom stereocenters. The maximum absolute atomic E-state index is 13.2. The largest absolute Gasteiger partial charge is 0.416 e. The van der Waals surface area contributed by atoms with Gasteiger partial charge in [-0.1, -0.05) is 32.4 Å². The topological polar surface area (TPSA) is 83.1 Å². The van der Waals surface area contributed by atoms with E-state index in [1.54, 1.807) is 6.92 Å². The zero-order valence-corrected chi connectivity index (χ0v) is 20.8. The molecule has 0 fully saturated rings. The first-order valence-electron chi connectivity index (χ1n) is 11.1. The van der Waals surface area contributed by atoms with Crippen LogP contribution in [0.4, 0.5) is 30.7 Å². The molecule has 0 saturated carbocycles. The molecule has 204 valence electrons. The van der Waals surface area contributed by atoms with Gasteiger partial charge in [0.05, 0.1) is 16.7 Å². The molecule has 37 heavy (non-hydrogen) atoms. The van der Waals surface area contributed by atoms with Gasteiger partial charge in [-0.3, -0.25) is 9.80 Å². The number of nitrogens with one attached hydrogen (secondary N) is 1. The number of amides is 1. The molecule has 1 atom stereocenters. The van der Waals surface area contributed by atoms with Crippen LogP contribution in [0.2, 0.25) is 0 Å². The first-order chi connectivity index (χ1) is 17.1. The number of primary amides is 1. The van der Waals surface area contributed by atoms with E-state index in [0.717, 1.165) is 36.2 Å². The second kappa shape index (κ2) is 13.2. The Labute approximate surface area is 210 Å². The van der Waals surface area contributed by atoms with Crippen LogP contribution in [-0.2, 0) is 17.1 Å². The van der Waals surface area contributed by atoms with Gasteiger partial charge in [-0.2, -0.15) is 30.7 Å². The molecule has 6 nitrogen and oxygen atoms in total. The van der Waals surface area contributed by atoms with Gasteiger partial charge in [0, 0.05) is 24.9 Å². The molecule has 0 spiro atoms. The number of hydrazine groups is 1. The van der Waals surface area contributed by atoms with Gasteiger partial charge in [-0.25, -0.2) is 15.4 Å². The molecule has 0 radical (unpaired) electrons. The summed E-state index contributed by atoms with van der Waals surface area (Å²) in [5, 5.41) is 1.05. The second-order valence-corrected chi connectivity index (χ2v) is 7.50. The summed E-state index contributed by atoms with van der Waals surface area (Å²) in [5.41, 5.74) is 5.39. The average Bonchev–Trinajstić information content (AvgIpc) is 3.28. The van der Waals surface area contributed by atoms with Crippen LogP contribution < -0.4 is 11.2 Å². The van der Waals surface area contributed by atoms with E-state index in [1.165, 1.54) is 6.08 Å². The van der Waals surface area contributed by atoms with E-state index >= 15 is 0 Å². The van der Waals surface area contributed by atoms with Crippen molar-refractivity contribution in [1.29, 1.82) is 0 Å². The van der Waals surface area contributed by atoms with Crippen LogP contribution in [0.15, 0.2) is 63.4 Å². The van der Waals surface area contributed by atoms with E-state index in [-0.39, 0.29) is 17.2 Å². The van der Waals surface area contributed by atoms with Gasteiger partial charge < -0.3 is 5.73 Å². The fraction of sp³-hybridized carbons (Fsp3) is 0.375. The quantitative estimate of drug-likeness (QED) is 0.179. The van der Waals surface area contributed by atoms with Gasteiger partial charge in [-0.15, -0.1) is 0 Å². The van der Waals surface area contributed by atoms with Crippen LogP contribution in [0.1, 0.15) is 63.9 Å². The molecule has 13 heteroatoms. The molecule has 0 saturated heterocycles. The van der Waals surface area contributed by atoms with Crippen LogP contribution >= 0.6 is 0 Å². The highest BCUT2D eigenvalue weighted by Gasteiger charge is 2.38. The summed E-state index contributed by atoms with van der Waals surface area (Å²) in [5.74, 6) is -1.74. The van der Waals surface area contributed by atoms with Crippen molar-refractivity contribution < 1.29 is 35.5 Å². The van der Waals surface area contributed by atoms with Crippen LogP contribution in [0.5, 0.6) is 0 Å². The van der Waals surface area contributed by atoms with Gasteiger partial charge in [0.15, 0.2) is 5.97 Å². The van der Waals surface area contributed by atoms with Crippen LogP contribution in [0.3, 0.4) is 0 Å². The number of allylic oxidation sites excluding steroid dienone is 2. The number of hydrogen-bond acceptors (Lipinski definition) is 5. The highest BCUT2D eigenvalue weighted by Crippen LogP contribution is 2.38. The van der Waals surface area contributed by atoms with Gasteiger partial charge in [0.1, 0.15) is 12.5 Å². The monoisotopic (exact) mass is 535 g/mol. The summed E-state index contributed by atoms with van der Waals surface area (Å²) < 4.78 is 92.2. The number of nitrogens with two attached hydrogens (primary N) is 1. The maximum Gasteiger partial charge on any atom is 0.416 e. The van der Waals surface area contributed by atoms with Gasteiger partial charge in [0.2, 0.25) is 0 Å². The molecule has 0 bridgehead atoms. The molecule has 1 aromatic rings. The van der Waals surface area contributed by atoms with E-state index in [2.05, 4.69) is 15.4 Å². The number of nitrogens with zero attached hydrogens (tertiary/aromatic N) is 3. The number of carbonyl (C=O) groups excluding carboxylic acids is 1. The van der Waals surface area contributed by atoms with Crippen LogP contribution in [-0.4, -0.2) is 23.2 Å². The molecule has 0 aliphatic carbocycles. The molecule has 0 aromatic heterocycles. The lowest BCUT2D eigenvalue weighted by molar-refractivity contribution is -0.143. The average molecular weight is 536 g/mol. The van der Waals surface area contributed by atoms with Crippen molar-refractivity contribution >= 4 is 18.2 Å². The van der Waals surface area contributed by atoms with Crippen molar-refractivity contribution in [3.8, 4) is 0 Å². The van der Waals surface area contributed by atoms with Gasteiger partial charge in [-0.05, 0) is 37.1 Å². The Bertz CT molecular complexity index is 1080. The first kappa shape index (κ1) is 31.5. The second-order valence-electron chi connectivity index (χ2n) is 7.50. The summed E-state index contributed by atoms with van der Waals surface area (Å²) in [4.78, 5) is 19.5. The number of carbonyl (C=O) groups is 1. The van der Waals surface area contributed by atoms with Crippen molar-refractivity contribution in [2.24, 2.45) is 15.7 Å². The zero-order valence-electron chi connectivity index (χ0n) is 20.8. The van der Waals surface area contributed by atoms with E-state index in [1.807, 2.05) is 20.8 Å². The Balaban J connectivity index is 0.00000334. The number of benzene rings is 1. The molecular weight excluding hydrogens is 507 g/mol. The summed E-state index contributed by atoms with van der Waals surface area (Å²) in [6, 6.07) is 1.10. The third-order valence-electron chi connectivity index (χ3n) is 4.72.